The minimum atomic E-state index is -1.65. The third kappa shape index (κ3) is 3.67. The van der Waals surface area contributed by atoms with E-state index < -0.39 is 19.6 Å². The van der Waals surface area contributed by atoms with Gasteiger partial charge in [0.15, 0.2) is 0 Å². The predicted octanol–water partition coefficient (Wildman–Crippen LogP) is 4.51. The molecule has 0 amide bonds. The van der Waals surface area contributed by atoms with Gasteiger partial charge in [-0.2, -0.15) is 0 Å². The first-order chi connectivity index (χ1) is 11.9. The smallest absolute Gasteiger partial charge is 0.344 e. The zero-order valence-electron chi connectivity index (χ0n) is 14.5. The average molecular weight is 348 g/mol. The lowest BCUT2D eigenvalue weighted by Crippen LogP contribution is -2.18. The van der Waals surface area contributed by atoms with E-state index in [-0.39, 0.29) is 11.3 Å². The molecule has 3 aromatic rings. The van der Waals surface area contributed by atoms with Gasteiger partial charge >= 0.3 is 5.63 Å². The van der Waals surface area contributed by atoms with Gasteiger partial charge in [-0.1, -0.05) is 68.0 Å². The molecule has 0 aliphatic rings. The van der Waals surface area contributed by atoms with Crippen molar-refractivity contribution in [3.63, 3.8) is 0 Å². The maximum absolute atomic E-state index is 12.6. The molecule has 0 saturated heterocycles. The molecule has 0 aliphatic carbocycles. The lowest BCUT2D eigenvalue weighted by Gasteiger charge is -2.14. The highest BCUT2D eigenvalue weighted by Gasteiger charge is 2.23. The van der Waals surface area contributed by atoms with Crippen LogP contribution < -0.4 is 5.63 Å². The molecule has 1 unspecified atom stereocenters. The number of benzene rings is 2. The van der Waals surface area contributed by atoms with E-state index in [1.807, 2.05) is 30.3 Å². The normalized spacial score (nSPS) is 12.4. The molecule has 1 N–H and O–H groups in total. The number of hydrogen-bond donors (Lipinski definition) is 1. The van der Waals surface area contributed by atoms with Crippen molar-refractivity contribution in [2.75, 3.05) is 0 Å². The van der Waals surface area contributed by atoms with Crippen LogP contribution in [-0.2, 0) is 0 Å². The molecule has 0 radical (unpaired) electrons. The maximum Gasteiger partial charge on any atom is 0.344 e. The van der Waals surface area contributed by atoms with E-state index in [1.165, 1.54) is 0 Å². The molecule has 0 aliphatic heterocycles. The molecule has 0 spiro atoms. The second-order valence-electron chi connectivity index (χ2n) is 7.01. The fourth-order valence-corrected chi connectivity index (χ4v) is 3.24. The highest BCUT2D eigenvalue weighted by atomic mass is 28.3. The monoisotopic (exact) mass is 348 g/mol. The average Bonchev–Trinajstić information content (AvgIpc) is 2.57. The molecule has 2 aromatic carbocycles. The lowest BCUT2D eigenvalue weighted by atomic mass is 9.92. The summed E-state index contributed by atoms with van der Waals surface area (Å²) in [5.74, 6) is 2.66. The van der Waals surface area contributed by atoms with Crippen LogP contribution in [0.3, 0.4) is 0 Å². The number of hydrogen-bond acceptors (Lipinski definition) is 3. The molecule has 0 bridgehead atoms. The Balaban J connectivity index is 2.28. The van der Waals surface area contributed by atoms with Gasteiger partial charge in [-0.25, -0.2) is 4.79 Å². The van der Waals surface area contributed by atoms with Gasteiger partial charge < -0.3 is 9.52 Å². The largest absolute Gasteiger partial charge is 0.507 e. The molecule has 1 atom stereocenters. The first-order valence-electron chi connectivity index (χ1n) is 8.19. The molecule has 1 aromatic heterocycles. The number of para-hydroxylation sites is 1. The Bertz CT molecular complexity index is 1020. The van der Waals surface area contributed by atoms with Crippen molar-refractivity contribution < 1.29 is 9.52 Å². The third-order valence-electron chi connectivity index (χ3n) is 3.83. The standard InChI is InChI=1S/C21H20O3Si/c1-25(2,3)14-13-16(15-9-5-4-6-10-15)19-20(22)17-11-7-8-12-18(17)24-21(19)23/h4-12,16,22H,1-3H3. The molecule has 0 fully saturated rings. The summed E-state index contributed by atoms with van der Waals surface area (Å²) in [6.45, 7) is 6.43. The van der Waals surface area contributed by atoms with Gasteiger partial charge in [0.05, 0.1) is 16.9 Å². The molecular formula is C21H20O3Si. The van der Waals surface area contributed by atoms with E-state index in [2.05, 4.69) is 31.1 Å². The first-order valence-corrected chi connectivity index (χ1v) is 11.7. The molecule has 126 valence electrons. The van der Waals surface area contributed by atoms with Crippen LogP contribution in [0.1, 0.15) is 17.0 Å². The van der Waals surface area contributed by atoms with Crippen molar-refractivity contribution in [3.05, 3.63) is 76.1 Å². The lowest BCUT2D eigenvalue weighted by molar-refractivity contribution is 0.456. The van der Waals surface area contributed by atoms with E-state index in [0.717, 1.165) is 5.56 Å². The Kier molecular flexibility index (Phi) is 4.52. The molecule has 1 heterocycles. The zero-order valence-corrected chi connectivity index (χ0v) is 15.5. The summed E-state index contributed by atoms with van der Waals surface area (Å²) in [6, 6.07) is 16.5. The van der Waals surface area contributed by atoms with Crippen LogP contribution in [0.2, 0.25) is 19.6 Å². The summed E-state index contributed by atoms with van der Waals surface area (Å²) in [4.78, 5) is 12.6. The van der Waals surface area contributed by atoms with E-state index in [9.17, 15) is 9.90 Å². The Labute approximate surface area is 148 Å². The molecule has 3 nitrogen and oxygen atoms in total. The Morgan fingerprint density at radius 2 is 1.64 bits per heavy atom. The minimum Gasteiger partial charge on any atom is -0.507 e. The van der Waals surface area contributed by atoms with Crippen LogP contribution in [0.4, 0.5) is 0 Å². The van der Waals surface area contributed by atoms with Gasteiger partial charge in [-0.3, -0.25) is 0 Å². The molecular weight excluding hydrogens is 328 g/mol. The van der Waals surface area contributed by atoms with Crippen LogP contribution in [-0.4, -0.2) is 13.2 Å². The van der Waals surface area contributed by atoms with Gasteiger partial charge in [-0.15, -0.1) is 5.54 Å². The predicted molar refractivity (Wildman–Crippen MR) is 104 cm³/mol. The SMILES string of the molecule is C[Si](C)(C)C#CC(c1ccccc1)c1c(O)c2ccccc2oc1=O. The van der Waals surface area contributed by atoms with Gasteiger partial charge in [0.2, 0.25) is 0 Å². The topological polar surface area (TPSA) is 50.4 Å². The summed E-state index contributed by atoms with van der Waals surface area (Å²) >= 11 is 0. The third-order valence-corrected chi connectivity index (χ3v) is 4.73. The van der Waals surface area contributed by atoms with Crippen LogP contribution in [0.5, 0.6) is 5.75 Å². The van der Waals surface area contributed by atoms with Crippen molar-refractivity contribution in [2.45, 2.75) is 25.6 Å². The van der Waals surface area contributed by atoms with E-state index in [0.29, 0.717) is 11.0 Å². The fraction of sp³-hybridized carbons (Fsp3) is 0.190. The van der Waals surface area contributed by atoms with Crippen LogP contribution in [0, 0.1) is 11.5 Å². The van der Waals surface area contributed by atoms with Crippen LogP contribution >= 0.6 is 0 Å². The van der Waals surface area contributed by atoms with Crippen molar-refractivity contribution in [1.82, 2.24) is 0 Å². The fourth-order valence-electron chi connectivity index (χ4n) is 2.66. The number of fused-ring (bicyclic) bond motifs is 1. The Morgan fingerprint density at radius 1 is 1.00 bits per heavy atom. The summed E-state index contributed by atoms with van der Waals surface area (Å²) in [5.41, 5.74) is 4.22. The van der Waals surface area contributed by atoms with E-state index >= 15 is 0 Å². The first kappa shape index (κ1) is 17.1. The minimum absolute atomic E-state index is 0.0504. The van der Waals surface area contributed by atoms with E-state index in [1.54, 1.807) is 24.3 Å². The molecule has 0 saturated carbocycles. The summed E-state index contributed by atoms with van der Waals surface area (Å²) in [6.07, 6.45) is 0. The van der Waals surface area contributed by atoms with Crippen molar-refractivity contribution >= 4 is 19.0 Å². The quantitative estimate of drug-likeness (QED) is 0.421. The molecule has 25 heavy (non-hydrogen) atoms. The van der Waals surface area contributed by atoms with Crippen molar-refractivity contribution in [1.29, 1.82) is 0 Å². The second kappa shape index (κ2) is 6.62. The Hall–Kier alpha value is -2.77. The Morgan fingerprint density at radius 3 is 2.32 bits per heavy atom. The summed E-state index contributed by atoms with van der Waals surface area (Å²) < 4.78 is 5.44. The zero-order chi connectivity index (χ0) is 18.0. The van der Waals surface area contributed by atoms with Crippen molar-refractivity contribution in [3.8, 4) is 17.2 Å². The van der Waals surface area contributed by atoms with E-state index in [4.69, 9.17) is 4.42 Å². The van der Waals surface area contributed by atoms with Crippen LogP contribution in [0.25, 0.3) is 11.0 Å². The maximum atomic E-state index is 12.6. The second-order valence-corrected chi connectivity index (χ2v) is 11.8. The summed E-state index contributed by atoms with van der Waals surface area (Å²) in [7, 11) is -1.65. The van der Waals surface area contributed by atoms with Gasteiger partial charge in [0.1, 0.15) is 19.4 Å². The summed E-state index contributed by atoms with van der Waals surface area (Å²) in [5, 5.41) is 11.3. The van der Waals surface area contributed by atoms with Crippen LogP contribution in [0.15, 0.2) is 63.8 Å². The molecule has 4 heteroatoms. The van der Waals surface area contributed by atoms with Gasteiger partial charge in [-0.05, 0) is 17.7 Å². The molecule has 3 rings (SSSR count). The highest BCUT2D eigenvalue weighted by Crippen LogP contribution is 2.33. The van der Waals surface area contributed by atoms with Gasteiger partial charge in [0.25, 0.3) is 0 Å². The van der Waals surface area contributed by atoms with Gasteiger partial charge in [0, 0.05) is 0 Å². The highest BCUT2D eigenvalue weighted by molar-refractivity contribution is 6.83. The number of aromatic hydroxyl groups is 1. The number of rotatable bonds is 2. The van der Waals surface area contributed by atoms with Crippen molar-refractivity contribution in [2.24, 2.45) is 0 Å².